The Balaban J connectivity index is 2.13. The van der Waals surface area contributed by atoms with Crippen LogP contribution in [0.1, 0.15) is 6.42 Å². The number of likely N-dealkylation sites (N-methyl/N-ethyl adjacent to an activating group) is 2. The van der Waals surface area contributed by atoms with E-state index < -0.39 is 0 Å². The van der Waals surface area contributed by atoms with E-state index in [1.807, 2.05) is 7.05 Å². The number of likely N-dealkylation sites (tertiary alicyclic amines) is 1. The molecule has 0 aromatic carbocycles. The number of carbonyl (C=O) groups is 2. The van der Waals surface area contributed by atoms with E-state index in [2.05, 4.69) is 10.2 Å². The molecule has 0 spiro atoms. The van der Waals surface area contributed by atoms with Gasteiger partial charge in [-0.2, -0.15) is 0 Å². The lowest BCUT2D eigenvalue weighted by atomic mass is 10.1. The van der Waals surface area contributed by atoms with Crippen LogP contribution in [0.2, 0.25) is 0 Å². The number of nitrogens with zero attached hydrogens (tertiary/aromatic N) is 3. The van der Waals surface area contributed by atoms with Gasteiger partial charge in [0.25, 0.3) is 0 Å². The fraction of sp³-hybridized carbons (Fsp3) is 0.833. The average Bonchev–Trinajstić information content (AvgIpc) is 2.69. The van der Waals surface area contributed by atoms with Gasteiger partial charge >= 0.3 is 0 Å². The Morgan fingerprint density at radius 2 is 2.11 bits per heavy atom. The maximum atomic E-state index is 12.2. The number of rotatable bonds is 2. The Kier molecular flexibility index (Phi) is 3.87. The average molecular weight is 254 g/mol. The molecule has 0 aliphatic carbocycles. The van der Waals surface area contributed by atoms with Crippen molar-refractivity contribution >= 4 is 11.8 Å². The lowest BCUT2D eigenvalue weighted by molar-refractivity contribution is -0.139. The minimum Gasteiger partial charge on any atom is -0.347 e. The molecule has 6 nitrogen and oxygen atoms in total. The van der Waals surface area contributed by atoms with Crippen LogP contribution in [0.25, 0.3) is 0 Å². The van der Waals surface area contributed by atoms with Gasteiger partial charge in [0.2, 0.25) is 11.8 Å². The summed E-state index contributed by atoms with van der Waals surface area (Å²) in [6.45, 7) is 3.01. The summed E-state index contributed by atoms with van der Waals surface area (Å²) in [5.41, 5.74) is 0. The first-order valence-corrected chi connectivity index (χ1v) is 6.45. The Morgan fingerprint density at radius 3 is 2.67 bits per heavy atom. The molecule has 0 saturated carbocycles. The van der Waals surface area contributed by atoms with E-state index in [-0.39, 0.29) is 23.9 Å². The van der Waals surface area contributed by atoms with Crippen LogP contribution < -0.4 is 5.32 Å². The topological polar surface area (TPSA) is 55.9 Å². The van der Waals surface area contributed by atoms with Crippen LogP contribution in [0.4, 0.5) is 0 Å². The molecule has 2 amide bonds. The van der Waals surface area contributed by atoms with Gasteiger partial charge in [0.05, 0.1) is 6.04 Å². The second-order valence-corrected chi connectivity index (χ2v) is 5.25. The van der Waals surface area contributed by atoms with E-state index in [0.29, 0.717) is 6.54 Å². The smallest absolute Gasteiger partial charge is 0.240 e. The van der Waals surface area contributed by atoms with Crippen molar-refractivity contribution in [2.45, 2.75) is 18.5 Å². The van der Waals surface area contributed by atoms with Crippen molar-refractivity contribution < 1.29 is 9.59 Å². The zero-order valence-electron chi connectivity index (χ0n) is 11.3. The maximum absolute atomic E-state index is 12.2. The van der Waals surface area contributed by atoms with Crippen molar-refractivity contribution in [1.29, 1.82) is 0 Å². The Bertz CT molecular complexity index is 345. The van der Waals surface area contributed by atoms with E-state index in [0.717, 1.165) is 26.1 Å². The standard InChI is InChI=1S/C12H22N4O2/c1-14(2)11(17)10-8-13-5-7-16(10)9-4-6-15(3)12(9)18/h9-10,13H,4-8H2,1-3H3. The van der Waals surface area contributed by atoms with E-state index in [1.54, 1.807) is 23.9 Å². The third-order valence-electron chi connectivity index (χ3n) is 3.81. The number of nitrogens with one attached hydrogen (secondary N) is 1. The Hall–Kier alpha value is -1.14. The third kappa shape index (κ3) is 2.35. The van der Waals surface area contributed by atoms with Crippen molar-refractivity contribution in [3.63, 3.8) is 0 Å². The van der Waals surface area contributed by atoms with Gasteiger partial charge in [0, 0.05) is 47.3 Å². The number of piperazine rings is 1. The van der Waals surface area contributed by atoms with Gasteiger partial charge in [-0.05, 0) is 6.42 Å². The van der Waals surface area contributed by atoms with E-state index in [4.69, 9.17) is 0 Å². The highest BCUT2D eigenvalue weighted by atomic mass is 16.2. The highest BCUT2D eigenvalue weighted by Crippen LogP contribution is 2.20. The number of carbonyl (C=O) groups excluding carboxylic acids is 2. The summed E-state index contributed by atoms with van der Waals surface area (Å²) in [5, 5.41) is 3.24. The largest absolute Gasteiger partial charge is 0.347 e. The first kappa shape index (κ1) is 13.3. The molecule has 2 atom stereocenters. The number of amides is 2. The van der Waals surface area contributed by atoms with Crippen molar-refractivity contribution in [2.24, 2.45) is 0 Å². The minimum absolute atomic E-state index is 0.0737. The van der Waals surface area contributed by atoms with Crippen LogP contribution in [0, 0.1) is 0 Å². The van der Waals surface area contributed by atoms with Gasteiger partial charge in [-0.3, -0.25) is 14.5 Å². The molecule has 18 heavy (non-hydrogen) atoms. The lowest BCUT2D eigenvalue weighted by Gasteiger charge is -2.39. The van der Waals surface area contributed by atoms with Gasteiger partial charge in [0.1, 0.15) is 6.04 Å². The molecule has 102 valence electrons. The summed E-state index contributed by atoms with van der Waals surface area (Å²) in [7, 11) is 5.35. The zero-order chi connectivity index (χ0) is 13.3. The molecule has 0 bridgehead atoms. The molecule has 1 N–H and O–H groups in total. The molecule has 2 aliphatic rings. The summed E-state index contributed by atoms with van der Waals surface area (Å²) < 4.78 is 0. The summed E-state index contributed by atoms with van der Waals surface area (Å²) >= 11 is 0. The Labute approximate surface area is 108 Å². The molecule has 2 saturated heterocycles. The predicted molar refractivity (Wildman–Crippen MR) is 68.1 cm³/mol. The van der Waals surface area contributed by atoms with Crippen molar-refractivity contribution in [2.75, 3.05) is 47.3 Å². The molecule has 2 aliphatic heterocycles. The highest BCUT2D eigenvalue weighted by molar-refractivity contribution is 5.86. The molecule has 6 heteroatoms. The van der Waals surface area contributed by atoms with Crippen LogP contribution in [-0.2, 0) is 9.59 Å². The first-order valence-electron chi connectivity index (χ1n) is 6.45. The molecule has 2 fully saturated rings. The summed E-state index contributed by atoms with van der Waals surface area (Å²) in [6.07, 6.45) is 0.826. The monoisotopic (exact) mass is 254 g/mol. The van der Waals surface area contributed by atoms with Gasteiger partial charge in [-0.15, -0.1) is 0 Å². The van der Waals surface area contributed by atoms with E-state index >= 15 is 0 Å². The second-order valence-electron chi connectivity index (χ2n) is 5.25. The van der Waals surface area contributed by atoms with Crippen LogP contribution in [-0.4, -0.2) is 85.9 Å². The van der Waals surface area contributed by atoms with Crippen LogP contribution in [0.3, 0.4) is 0 Å². The fourth-order valence-corrected chi connectivity index (χ4v) is 2.73. The SMILES string of the molecule is CN(C)C(=O)C1CNCCN1C1CCN(C)C1=O. The van der Waals surface area contributed by atoms with Crippen LogP contribution >= 0.6 is 0 Å². The molecular formula is C12H22N4O2. The van der Waals surface area contributed by atoms with Crippen molar-refractivity contribution in [3.05, 3.63) is 0 Å². The second kappa shape index (κ2) is 5.24. The number of hydrogen-bond donors (Lipinski definition) is 1. The van der Waals surface area contributed by atoms with Crippen molar-refractivity contribution in [3.8, 4) is 0 Å². The summed E-state index contributed by atoms with van der Waals surface area (Å²) in [4.78, 5) is 29.7. The van der Waals surface area contributed by atoms with E-state index in [1.165, 1.54) is 0 Å². The lowest BCUT2D eigenvalue weighted by Crippen LogP contribution is -2.61. The fourth-order valence-electron chi connectivity index (χ4n) is 2.73. The number of hydrogen-bond acceptors (Lipinski definition) is 4. The van der Waals surface area contributed by atoms with Gasteiger partial charge in [-0.25, -0.2) is 0 Å². The van der Waals surface area contributed by atoms with Crippen LogP contribution in [0.15, 0.2) is 0 Å². The van der Waals surface area contributed by atoms with Gasteiger partial charge in [-0.1, -0.05) is 0 Å². The molecule has 0 aromatic rings. The van der Waals surface area contributed by atoms with Crippen LogP contribution in [0.5, 0.6) is 0 Å². The molecule has 0 radical (unpaired) electrons. The first-order chi connectivity index (χ1) is 8.52. The molecule has 2 rings (SSSR count). The molecular weight excluding hydrogens is 232 g/mol. The quantitative estimate of drug-likeness (QED) is 0.657. The third-order valence-corrected chi connectivity index (χ3v) is 3.81. The predicted octanol–water partition coefficient (Wildman–Crippen LogP) is -1.42. The maximum Gasteiger partial charge on any atom is 0.240 e. The molecule has 2 heterocycles. The van der Waals surface area contributed by atoms with E-state index in [9.17, 15) is 9.59 Å². The van der Waals surface area contributed by atoms with Gasteiger partial charge in [0.15, 0.2) is 0 Å². The summed E-state index contributed by atoms with van der Waals surface area (Å²) in [5.74, 6) is 0.220. The highest BCUT2D eigenvalue weighted by Gasteiger charge is 2.41. The zero-order valence-corrected chi connectivity index (χ0v) is 11.3. The van der Waals surface area contributed by atoms with Gasteiger partial charge < -0.3 is 15.1 Å². The molecule has 0 aromatic heterocycles. The normalized spacial score (nSPS) is 29.7. The molecule has 2 unspecified atom stereocenters. The van der Waals surface area contributed by atoms with Crippen molar-refractivity contribution in [1.82, 2.24) is 20.0 Å². The summed E-state index contributed by atoms with van der Waals surface area (Å²) in [6, 6.07) is -0.333. The minimum atomic E-state index is -0.214. The Morgan fingerprint density at radius 1 is 1.39 bits per heavy atom.